The van der Waals surface area contributed by atoms with Gasteiger partial charge >= 0.3 is 17.9 Å². The van der Waals surface area contributed by atoms with Crippen LogP contribution in [0.3, 0.4) is 0 Å². The number of hydrogen-bond acceptors (Lipinski definition) is 9. The molecule has 5 atom stereocenters. The van der Waals surface area contributed by atoms with Crippen LogP contribution >= 0.6 is 0 Å². The van der Waals surface area contributed by atoms with Gasteiger partial charge in [0.2, 0.25) is 6.29 Å². The Hall–Kier alpha value is -1.71. The molecule has 2 N–H and O–H groups in total. The first-order valence-electron chi connectivity index (χ1n) is 6.21. The van der Waals surface area contributed by atoms with Crippen molar-refractivity contribution in [2.24, 2.45) is 0 Å². The molecule has 9 nitrogen and oxygen atoms in total. The van der Waals surface area contributed by atoms with Gasteiger partial charge in [0, 0.05) is 20.8 Å². The first-order chi connectivity index (χ1) is 9.72. The van der Waals surface area contributed by atoms with Crippen molar-refractivity contribution in [3.63, 3.8) is 0 Å². The standard InChI is InChI=1S/C12H18O9/c1-5(13)18-4-8-9(16)10(17)11(19-6(2)14)12(21-8)20-7(3)15/h8-12,16-17H,4H2,1-3H3/t8-,9-,10+,11-,12?/m1/s1. The summed E-state index contributed by atoms with van der Waals surface area (Å²) in [6.07, 6.45) is -6.96. The third kappa shape index (κ3) is 4.96. The van der Waals surface area contributed by atoms with Gasteiger partial charge < -0.3 is 29.2 Å². The molecule has 0 aromatic heterocycles. The van der Waals surface area contributed by atoms with Crippen molar-refractivity contribution in [3.05, 3.63) is 0 Å². The molecule has 1 fully saturated rings. The Bertz CT molecular complexity index is 406. The number of carbonyl (C=O) groups excluding carboxylic acids is 3. The number of ether oxygens (including phenoxy) is 4. The maximum Gasteiger partial charge on any atom is 0.305 e. The summed E-state index contributed by atoms with van der Waals surface area (Å²) in [4.78, 5) is 32.8. The summed E-state index contributed by atoms with van der Waals surface area (Å²) in [5.74, 6) is -2.08. The minimum Gasteiger partial charge on any atom is -0.463 e. The van der Waals surface area contributed by atoms with Crippen LogP contribution in [0.15, 0.2) is 0 Å². The van der Waals surface area contributed by atoms with Crippen molar-refractivity contribution in [1.29, 1.82) is 0 Å². The summed E-state index contributed by atoms with van der Waals surface area (Å²) < 4.78 is 19.5. The summed E-state index contributed by atoms with van der Waals surface area (Å²) in [5, 5.41) is 19.9. The monoisotopic (exact) mass is 306 g/mol. The second kappa shape index (κ2) is 7.34. The molecule has 0 aromatic rings. The molecule has 0 aliphatic carbocycles. The molecule has 1 saturated heterocycles. The smallest absolute Gasteiger partial charge is 0.305 e. The van der Waals surface area contributed by atoms with Crippen LogP contribution in [0.2, 0.25) is 0 Å². The molecule has 9 heteroatoms. The number of aliphatic hydroxyl groups is 2. The van der Waals surface area contributed by atoms with Crippen molar-refractivity contribution < 1.29 is 43.5 Å². The third-order valence-corrected chi connectivity index (χ3v) is 2.68. The van der Waals surface area contributed by atoms with E-state index in [9.17, 15) is 24.6 Å². The minimum atomic E-state index is -1.56. The maximum absolute atomic E-state index is 11.0. The van der Waals surface area contributed by atoms with E-state index in [-0.39, 0.29) is 6.61 Å². The molecule has 0 amide bonds. The molecule has 1 rings (SSSR count). The summed E-state index contributed by atoms with van der Waals surface area (Å²) >= 11 is 0. The van der Waals surface area contributed by atoms with E-state index in [1.54, 1.807) is 0 Å². The summed E-state index contributed by atoms with van der Waals surface area (Å²) in [5.41, 5.74) is 0. The Morgan fingerprint density at radius 2 is 1.52 bits per heavy atom. The van der Waals surface area contributed by atoms with E-state index in [0.717, 1.165) is 20.8 Å². The summed E-state index contributed by atoms with van der Waals surface area (Å²) in [7, 11) is 0. The topological polar surface area (TPSA) is 129 Å². The van der Waals surface area contributed by atoms with Crippen molar-refractivity contribution in [3.8, 4) is 0 Å². The van der Waals surface area contributed by atoms with Gasteiger partial charge in [0.05, 0.1) is 0 Å². The normalized spacial score (nSPS) is 32.1. The van der Waals surface area contributed by atoms with Crippen LogP contribution < -0.4 is 0 Å². The number of carbonyl (C=O) groups is 3. The lowest BCUT2D eigenvalue weighted by molar-refractivity contribution is -0.295. The van der Waals surface area contributed by atoms with Crippen LogP contribution in [-0.2, 0) is 33.3 Å². The highest BCUT2D eigenvalue weighted by Gasteiger charge is 2.48. The second-order valence-electron chi connectivity index (χ2n) is 4.51. The van der Waals surface area contributed by atoms with Gasteiger partial charge in [-0.1, -0.05) is 0 Å². The van der Waals surface area contributed by atoms with E-state index in [1.165, 1.54) is 0 Å². The molecular formula is C12H18O9. The minimum absolute atomic E-state index is 0.349. The van der Waals surface area contributed by atoms with E-state index < -0.39 is 48.6 Å². The van der Waals surface area contributed by atoms with Gasteiger partial charge in [0.1, 0.15) is 24.9 Å². The predicted molar refractivity (Wildman–Crippen MR) is 64.6 cm³/mol. The average Bonchev–Trinajstić information content (AvgIpc) is 2.35. The van der Waals surface area contributed by atoms with Crippen LogP contribution in [0.1, 0.15) is 20.8 Å². The predicted octanol–water partition coefficient (Wildman–Crippen LogP) is -1.51. The zero-order chi connectivity index (χ0) is 16.2. The van der Waals surface area contributed by atoms with E-state index in [2.05, 4.69) is 4.74 Å². The third-order valence-electron chi connectivity index (χ3n) is 2.68. The fourth-order valence-electron chi connectivity index (χ4n) is 1.82. The van der Waals surface area contributed by atoms with Crippen molar-refractivity contribution in [1.82, 2.24) is 0 Å². The number of aliphatic hydroxyl groups excluding tert-OH is 2. The molecule has 0 saturated carbocycles. The SMILES string of the molecule is CC(=O)OC[C@H]1OC(OC(C)=O)[C@H](OC(C)=O)[C@@H](O)[C@@H]1O. The largest absolute Gasteiger partial charge is 0.463 e. The van der Waals surface area contributed by atoms with Crippen molar-refractivity contribution in [2.75, 3.05) is 6.61 Å². The summed E-state index contributed by atoms with van der Waals surface area (Å²) in [6.45, 7) is 3.01. The first kappa shape index (κ1) is 17.3. The van der Waals surface area contributed by atoms with Gasteiger partial charge in [-0.15, -0.1) is 0 Å². The lowest BCUT2D eigenvalue weighted by Crippen LogP contribution is -2.60. The molecule has 1 heterocycles. The van der Waals surface area contributed by atoms with Gasteiger partial charge in [-0.3, -0.25) is 14.4 Å². The van der Waals surface area contributed by atoms with Crippen LogP contribution in [0.25, 0.3) is 0 Å². The Morgan fingerprint density at radius 3 is 2.00 bits per heavy atom. The molecule has 0 spiro atoms. The molecule has 0 aromatic carbocycles. The fraction of sp³-hybridized carbons (Fsp3) is 0.750. The molecule has 0 radical (unpaired) electrons. The van der Waals surface area contributed by atoms with Gasteiger partial charge in [-0.2, -0.15) is 0 Å². The van der Waals surface area contributed by atoms with Gasteiger partial charge in [-0.05, 0) is 0 Å². The Kier molecular flexibility index (Phi) is 6.06. The fourth-order valence-corrected chi connectivity index (χ4v) is 1.82. The van der Waals surface area contributed by atoms with E-state index in [0.29, 0.717) is 0 Å². The van der Waals surface area contributed by atoms with Crippen molar-refractivity contribution in [2.45, 2.75) is 51.5 Å². The number of hydrogen-bond donors (Lipinski definition) is 2. The highest BCUT2D eigenvalue weighted by molar-refractivity contribution is 5.67. The molecule has 120 valence electrons. The molecule has 1 aliphatic heterocycles. The van der Waals surface area contributed by atoms with Gasteiger partial charge in [-0.25, -0.2) is 0 Å². The maximum atomic E-state index is 11.0. The molecular weight excluding hydrogens is 288 g/mol. The van der Waals surface area contributed by atoms with Crippen LogP contribution in [0.5, 0.6) is 0 Å². The van der Waals surface area contributed by atoms with Gasteiger partial charge in [0.25, 0.3) is 0 Å². The van der Waals surface area contributed by atoms with Crippen LogP contribution in [-0.4, -0.2) is 65.4 Å². The quantitative estimate of drug-likeness (QED) is 0.470. The van der Waals surface area contributed by atoms with Gasteiger partial charge in [0.15, 0.2) is 6.10 Å². The van der Waals surface area contributed by atoms with E-state index in [4.69, 9.17) is 14.2 Å². The number of esters is 3. The van der Waals surface area contributed by atoms with Crippen molar-refractivity contribution >= 4 is 17.9 Å². The van der Waals surface area contributed by atoms with E-state index in [1.807, 2.05) is 0 Å². The Morgan fingerprint density at radius 1 is 0.952 bits per heavy atom. The second-order valence-corrected chi connectivity index (χ2v) is 4.51. The lowest BCUT2D eigenvalue weighted by atomic mass is 9.99. The van der Waals surface area contributed by atoms with Crippen LogP contribution in [0, 0.1) is 0 Å². The first-order valence-corrected chi connectivity index (χ1v) is 6.21. The highest BCUT2D eigenvalue weighted by Crippen LogP contribution is 2.25. The Labute approximate surface area is 120 Å². The average molecular weight is 306 g/mol. The lowest BCUT2D eigenvalue weighted by Gasteiger charge is -2.40. The molecule has 21 heavy (non-hydrogen) atoms. The Balaban J connectivity index is 2.84. The molecule has 1 unspecified atom stereocenters. The van der Waals surface area contributed by atoms with Crippen LogP contribution in [0.4, 0.5) is 0 Å². The molecule has 0 bridgehead atoms. The number of rotatable bonds is 4. The zero-order valence-corrected chi connectivity index (χ0v) is 11.8. The van der Waals surface area contributed by atoms with E-state index >= 15 is 0 Å². The zero-order valence-electron chi connectivity index (χ0n) is 11.8. The summed E-state index contributed by atoms with van der Waals surface area (Å²) in [6, 6.07) is 0. The molecule has 1 aliphatic rings. The highest BCUT2D eigenvalue weighted by atomic mass is 16.7.